The fraction of sp³-hybridized carbons (Fsp3) is 0.526. The van der Waals surface area contributed by atoms with Gasteiger partial charge in [-0.3, -0.25) is 4.99 Å². The summed E-state index contributed by atoms with van der Waals surface area (Å²) in [7, 11) is 2.14. The van der Waals surface area contributed by atoms with Gasteiger partial charge in [-0.15, -0.1) is 24.0 Å². The molecule has 3 N–H and O–H groups in total. The van der Waals surface area contributed by atoms with Gasteiger partial charge in [-0.1, -0.05) is 18.2 Å². The Morgan fingerprint density at radius 3 is 2.72 bits per heavy atom. The van der Waals surface area contributed by atoms with E-state index in [0.717, 1.165) is 38.6 Å². The molecule has 2 aromatic rings. The summed E-state index contributed by atoms with van der Waals surface area (Å²) in [6.45, 7) is 10.0. The van der Waals surface area contributed by atoms with Crippen LogP contribution >= 0.6 is 24.0 Å². The van der Waals surface area contributed by atoms with Gasteiger partial charge in [-0.05, 0) is 45.9 Å². The van der Waals surface area contributed by atoms with E-state index in [9.17, 15) is 0 Å². The Morgan fingerprint density at radius 2 is 2.00 bits per heavy atom. The number of guanidine groups is 1. The highest BCUT2D eigenvalue weighted by Gasteiger charge is 2.04. The van der Waals surface area contributed by atoms with Gasteiger partial charge in [-0.25, -0.2) is 0 Å². The lowest BCUT2D eigenvalue weighted by Gasteiger charge is -2.20. The molecule has 0 aliphatic carbocycles. The Bertz CT molecular complexity index is 650. The minimum atomic E-state index is 0. The number of likely N-dealkylation sites (N-methyl/N-ethyl adjacent to an activating group) is 1. The van der Waals surface area contributed by atoms with E-state index in [0.29, 0.717) is 6.04 Å². The van der Waals surface area contributed by atoms with Crippen molar-refractivity contribution in [2.75, 3.05) is 33.2 Å². The molecule has 0 aliphatic rings. The number of benzene rings is 1. The van der Waals surface area contributed by atoms with Crippen molar-refractivity contribution in [3.8, 4) is 0 Å². The van der Waals surface area contributed by atoms with Gasteiger partial charge in [0.15, 0.2) is 5.96 Å². The highest BCUT2D eigenvalue weighted by atomic mass is 127. The van der Waals surface area contributed by atoms with E-state index in [4.69, 9.17) is 0 Å². The minimum absolute atomic E-state index is 0. The standard InChI is InChI=1S/C19H31N5.HI/c1-5-20-19(22-12-13-24(4)15(2)3)21-11-10-16-14-23-18-9-7-6-8-17(16)18;/h6-9,14-15,23H,5,10-13H2,1-4H3,(H2,20,21,22);1H. The molecule has 0 aliphatic heterocycles. The van der Waals surface area contributed by atoms with Gasteiger partial charge in [0.05, 0.1) is 6.54 Å². The Labute approximate surface area is 168 Å². The summed E-state index contributed by atoms with van der Waals surface area (Å²) in [5, 5.41) is 8.05. The van der Waals surface area contributed by atoms with Gasteiger partial charge in [0.2, 0.25) is 0 Å². The fourth-order valence-corrected chi connectivity index (χ4v) is 2.57. The average Bonchev–Trinajstić information content (AvgIpc) is 2.98. The van der Waals surface area contributed by atoms with Crippen LogP contribution in [0.3, 0.4) is 0 Å². The topological polar surface area (TPSA) is 55.5 Å². The maximum Gasteiger partial charge on any atom is 0.191 e. The van der Waals surface area contributed by atoms with Crippen LogP contribution in [0.2, 0.25) is 0 Å². The number of H-pyrrole nitrogens is 1. The van der Waals surface area contributed by atoms with E-state index in [-0.39, 0.29) is 24.0 Å². The molecule has 140 valence electrons. The second kappa shape index (κ2) is 11.4. The molecule has 0 spiro atoms. The summed E-state index contributed by atoms with van der Waals surface area (Å²) < 4.78 is 0. The van der Waals surface area contributed by atoms with Gasteiger partial charge in [0.1, 0.15) is 0 Å². The number of hydrogen-bond donors (Lipinski definition) is 3. The third-order valence-electron chi connectivity index (χ3n) is 4.31. The number of aromatic nitrogens is 1. The normalized spacial score (nSPS) is 11.8. The van der Waals surface area contributed by atoms with E-state index in [2.05, 4.69) is 83.8 Å². The summed E-state index contributed by atoms with van der Waals surface area (Å²) in [5.41, 5.74) is 2.54. The number of halogens is 1. The predicted octanol–water partition coefficient (Wildman–Crippen LogP) is 3.22. The Morgan fingerprint density at radius 1 is 1.24 bits per heavy atom. The van der Waals surface area contributed by atoms with E-state index in [1.807, 2.05) is 0 Å². The fourth-order valence-electron chi connectivity index (χ4n) is 2.57. The molecule has 2 rings (SSSR count). The van der Waals surface area contributed by atoms with Crippen molar-refractivity contribution >= 4 is 40.8 Å². The van der Waals surface area contributed by atoms with Crippen molar-refractivity contribution in [1.29, 1.82) is 0 Å². The van der Waals surface area contributed by atoms with E-state index in [1.54, 1.807) is 0 Å². The molecule has 0 saturated carbocycles. The number of nitrogens with zero attached hydrogens (tertiary/aromatic N) is 2. The van der Waals surface area contributed by atoms with E-state index < -0.39 is 0 Å². The van der Waals surface area contributed by atoms with Crippen molar-refractivity contribution in [3.05, 3.63) is 36.0 Å². The van der Waals surface area contributed by atoms with Crippen LogP contribution in [-0.2, 0) is 6.42 Å². The zero-order chi connectivity index (χ0) is 17.4. The molecule has 0 fully saturated rings. The number of fused-ring (bicyclic) bond motifs is 1. The number of aliphatic imine (C=N–C) groups is 1. The third kappa shape index (κ3) is 6.86. The van der Waals surface area contributed by atoms with Crippen LogP contribution in [0, 0.1) is 0 Å². The number of nitrogens with one attached hydrogen (secondary N) is 3. The Hall–Kier alpha value is -1.28. The van der Waals surface area contributed by atoms with Crippen LogP contribution in [0.1, 0.15) is 26.3 Å². The molecule has 0 saturated heterocycles. The van der Waals surface area contributed by atoms with Crippen LogP contribution in [0.25, 0.3) is 10.9 Å². The van der Waals surface area contributed by atoms with Crippen LogP contribution in [0.5, 0.6) is 0 Å². The number of hydrogen-bond acceptors (Lipinski definition) is 2. The van der Waals surface area contributed by atoms with Crippen molar-refractivity contribution in [3.63, 3.8) is 0 Å². The first-order valence-electron chi connectivity index (χ1n) is 8.89. The summed E-state index contributed by atoms with van der Waals surface area (Å²) in [4.78, 5) is 10.3. The summed E-state index contributed by atoms with van der Waals surface area (Å²) in [6.07, 6.45) is 3.08. The quantitative estimate of drug-likeness (QED) is 0.324. The van der Waals surface area contributed by atoms with Crippen LogP contribution < -0.4 is 10.6 Å². The lowest BCUT2D eigenvalue weighted by atomic mass is 10.1. The third-order valence-corrected chi connectivity index (χ3v) is 4.31. The van der Waals surface area contributed by atoms with E-state index >= 15 is 0 Å². The first-order valence-corrected chi connectivity index (χ1v) is 8.89. The maximum absolute atomic E-state index is 4.66. The molecule has 0 unspecified atom stereocenters. The van der Waals surface area contributed by atoms with Gasteiger partial charge >= 0.3 is 0 Å². The van der Waals surface area contributed by atoms with Gasteiger partial charge in [0, 0.05) is 42.8 Å². The molecule has 1 heterocycles. The zero-order valence-electron chi connectivity index (χ0n) is 15.8. The molecule has 0 amide bonds. The molecule has 6 heteroatoms. The lowest BCUT2D eigenvalue weighted by molar-refractivity contribution is 0.282. The molecule has 1 aromatic heterocycles. The van der Waals surface area contributed by atoms with Gasteiger partial charge in [0.25, 0.3) is 0 Å². The molecule has 25 heavy (non-hydrogen) atoms. The van der Waals surface area contributed by atoms with Gasteiger partial charge < -0.3 is 20.5 Å². The van der Waals surface area contributed by atoms with Crippen molar-refractivity contribution < 1.29 is 0 Å². The summed E-state index contributed by atoms with van der Waals surface area (Å²) in [6, 6.07) is 8.98. The second-order valence-electron chi connectivity index (χ2n) is 6.37. The minimum Gasteiger partial charge on any atom is -0.361 e. The van der Waals surface area contributed by atoms with Crippen LogP contribution in [0.4, 0.5) is 0 Å². The zero-order valence-corrected chi connectivity index (χ0v) is 18.1. The second-order valence-corrected chi connectivity index (χ2v) is 6.37. The Kier molecular flexibility index (Phi) is 9.89. The number of rotatable bonds is 8. The summed E-state index contributed by atoms with van der Waals surface area (Å²) in [5.74, 6) is 0.898. The average molecular weight is 457 g/mol. The first-order chi connectivity index (χ1) is 11.6. The molecule has 0 radical (unpaired) electrons. The molecular weight excluding hydrogens is 425 g/mol. The molecule has 0 atom stereocenters. The Balaban J connectivity index is 0.00000312. The highest BCUT2D eigenvalue weighted by molar-refractivity contribution is 14.0. The summed E-state index contributed by atoms with van der Waals surface area (Å²) >= 11 is 0. The molecular formula is C19H32IN5. The van der Waals surface area contributed by atoms with Crippen molar-refractivity contribution in [2.24, 2.45) is 4.99 Å². The van der Waals surface area contributed by atoms with Crippen molar-refractivity contribution in [1.82, 2.24) is 20.5 Å². The monoisotopic (exact) mass is 457 g/mol. The lowest BCUT2D eigenvalue weighted by Crippen LogP contribution is -2.39. The van der Waals surface area contributed by atoms with E-state index in [1.165, 1.54) is 16.5 Å². The van der Waals surface area contributed by atoms with Gasteiger partial charge in [-0.2, -0.15) is 0 Å². The predicted molar refractivity (Wildman–Crippen MR) is 119 cm³/mol. The maximum atomic E-state index is 4.66. The highest BCUT2D eigenvalue weighted by Crippen LogP contribution is 2.17. The molecule has 1 aromatic carbocycles. The van der Waals surface area contributed by atoms with Crippen LogP contribution in [-0.4, -0.2) is 55.1 Å². The largest absolute Gasteiger partial charge is 0.361 e. The van der Waals surface area contributed by atoms with Crippen LogP contribution in [0.15, 0.2) is 35.5 Å². The smallest absolute Gasteiger partial charge is 0.191 e. The molecule has 5 nitrogen and oxygen atoms in total. The van der Waals surface area contributed by atoms with Crippen molar-refractivity contribution in [2.45, 2.75) is 33.2 Å². The SMILES string of the molecule is CCNC(=NCCN(C)C(C)C)NCCc1c[nH]c2ccccc12.I. The number of para-hydroxylation sites is 1. The number of aromatic amines is 1. The first kappa shape index (κ1) is 21.8. The molecule has 0 bridgehead atoms.